The molecule has 0 saturated carbocycles. The van der Waals surface area contributed by atoms with E-state index in [1.807, 2.05) is 10.8 Å². The van der Waals surface area contributed by atoms with Gasteiger partial charge in [-0.3, -0.25) is 4.57 Å². The van der Waals surface area contributed by atoms with Crippen molar-refractivity contribution >= 4 is 33.6 Å². The van der Waals surface area contributed by atoms with Crippen molar-refractivity contribution in [1.29, 1.82) is 5.26 Å². The number of hydrogen-bond donors (Lipinski definition) is 0. The van der Waals surface area contributed by atoms with Crippen molar-refractivity contribution < 1.29 is 4.74 Å². The number of methoxy groups -OCH3 is 1. The molecule has 0 aliphatic heterocycles. The van der Waals surface area contributed by atoms with E-state index in [0.29, 0.717) is 22.9 Å². The van der Waals surface area contributed by atoms with Crippen LogP contribution in [0.4, 0.5) is 0 Å². The number of ether oxygens (including phenoxy) is 1. The number of fused-ring (bicyclic) bond motifs is 1. The van der Waals surface area contributed by atoms with Gasteiger partial charge in [0.25, 0.3) is 0 Å². The topological polar surface area (TPSA) is 76.6 Å². The first-order valence-corrected chi connectivity index (χ1v) is 6.74. The summed E-state index contributed by atoms with van der Waals surface area (Å²) in [6, 6.07) is 5.48. The Morgan fingerprint density at radius 1 is 1.35 bits per heavy atom. The molecule has 0 fully saturated rings. The number of pyridine rings is 1. The third-order valence-electron chi connectivity index (χ3n) is 2.82. The fraction of sp³-hybridized carbons (Fsp3) is 0.0769. The van der Waals surface area contributed by atoms with Crippen LogP contribution in [0.15, 0.2) is 30.9 Å². The summed E-state index contributed by atoms with van der Waals surface area (Å²) in [5.74, 6) is 1.16. The molecular formula is C13H8IN5O. The lowest BCUT2D eigenvalue weighted by atomic mass is 10.3. The Hall–Kier alpha value is -2.21. The molecule has 0 unspecified atom stereocenters. The summed E-state index contributed by atoms with van der Waals surface area (Å²) in [7, 11) is 1.57. The molecule has 0 aromatic carbocycles. The first-order chi connectivity index (χ1) is 9.74. The van der Waals surface area contributed by atoms with Crippen LogP contribution in [-0.2, 0) is 0 Å². The molecule has 3 heterocycles. The van der Waals surface area contributed by atoms with Crippen LogP contribution in [0.3, 0.4) is 0 Å². The molecule has 0 spiro atoms. The van der Waals surface area contributed by atoms with E-state index < -0.39 is 0 Å². The second-order valence-corrected chi connectivity index (χ2v) is 5.11. The molecular weight excluding hydrogens is 369 g/mol. The van der Waals surface area contributed by atoms with Gasteiger partial charge in [0.15, 0.2) is 5.65 Å². The number of nitriles is 1. The summed E-state index contributed by atoms with van der Waals surface area (Å²) in [5, 5.41) is 9.81. The van der Waals surface area contributed by atoms with E-state index in [9.17, 15) is 0 Å². The van der Waals surface area contributed by atoms with Gasteiger partial charge in [-0.2, -0.15) is 5.26 Å². The minimum Gasteiger partial charge on any atom is -0.480 e. The van der Waals surface area contributed by atoms with Gasteiger partial charge in [0.05, 0.1) is 24.1 Å². The molecule has 3 aromatic heterocycles. The molecule has 0 bridgehead atoms. The molecule has 0 aliphatic carbocycles. The maximum atomic E-state index is 8.98. The molecule has 0 aliphatic rings. The molecule has 3 rings (SSSR count). The first kappa shape index (κ1) is 12.8. The number of aromatic nitrogens is 4. The van der Waals surface area contributed by atoms with Crippen LogP contribution in [0.5, 0.6) is 5.88 Å². The molecule has 0 radical (unpaired) electrons. The van der Waals surface area contributed by atoms with E-state index in [0.717, 1.165) is 8.96 Å². The van der Waals surface area contributed by atoms with Gasteiger partial charge in [0.1, 0.15) is 12.1 Å². The Bertz CT molecular complexity index is 836. The minimum absolute atomic E-state index is 0.523. The van der Waals surface area contributed by atoms with Crippen LogP contribution in [0.2, 0.25) is 0 Å². The van der Waals surface area contributed by atoms with Crippen LogP contribution in [0.1, 0.15) is 5.56 Å². The quantitative estimate of drug-likeness (QED) is 0.641. The van der Waals surface area contributed by atoms with Gasteiger partial charge < -0.3 is 4.74 Å². The smallest absolute Gasteiger partial charge is 0.226 e. The third kappa shape index (κ3) is 1.98. The van der Waals surface area contributed by atoms with Crippen molar-refractivity contribution in [3.63, 3.8) is 0 Å². The SMILES string of the molecule is COc1ncnc2c1c(I)cn2-c1cc(C#N)ccn1. The second kappa shape index (κ2) is 5.05. The number of rotatable bonds is 2. The summed E-state index contributed by atoms with van der Waals surface area (Å²) in [6.07, 6.45) is 4.94. The highest BCUT2D eigenvalue weighted by atomic mass is 127. The Balaban J connectivity index is 2.30. The normalized spacial score (nSPS) is 10.4. The molecule has 0 atom stereocenters. The zero-order valence-electron chi connectivity index (χ0n) is 10.4. The maximum Gasteiger partial charge on any atom is 0.226 e. The Labute approximate surface area is 128 Å². The van der Waals surface area contributed by atoms with Crippen molar-refractivity contribution in [1.82, 2.24) is 19.5 Å². The monoisotopic (exact) mass is 377 g/mol. The van der Waals surface area contributed by atoms with Crippen LogP contribution >= 0.6 is 22.6 Å². The second-order valence-electron chi connectivity index (χ2n) is 3.94. The summed E-state index contributed by atoms with van der Waals surface area (Å²) >= 11 is 2.20. The van der Waals surface area contributed by atoms with E-state index in [4.69, 9.17) is 10.00 Å². The Kier molecular flexibility index (Phi) is 3.23. The zero-order chi connectivity index (χ0) is 14.1. The van der Waals surface area contributed by atoms with Crippen LogP contribution < -0.4 is 4.74 Å². The van der Waals surface area contributed by atoms with Crippen molar-refractivity contribution in [3.05, 3.63) is 40.0 Å². The highest BCUT2D eigenvalue weighted by Gasteiger charge is 2.15. The lowest BCUT2D eigenvalue weighted by Crippen LogP contribution is -1.98. The number of hydrogen-bond acceptors (Lipinski definition) is 5. The highest BCUT2D eigenvalue weighted by molar-refractivity contribution is 14.1. The largest absolute Gasteiger partial charge is 0.480 e. The van der Waals surface area contributed by atoms with Crippen LogP contribution in [-0.4, -0.2) is 26.6 Å². The van der Waals surface area contributed by atoms with E-state index in [2.05, 4.69) is 43.6 Å². The molecule has 0 saturated heterocycles. The third-order valence-corrected chi connectivity index (χ3v) is 3.63. The van der Waals surface area contributed by atoms with Crippen molar-refractivity contribution in [2.24, 2.45) is 0 Å². The zero-order valence-corrected chi connectivity index (χ0v) is 12.6. The fourth-order valence-corrected chi connectivity index (χ4v) is 2.69. The van der Waals surface area contributed by atoms with Crippen LogP contribution in [0.25, 0.3) is 16.9 Å². The number of nitrogens with zero attached hydrogens (tertiary/aromatic N) is 5. The Morgan fingerprint density at radius 2 is 2.20 bits per heavy atom. The molecule has 0 N–H and O–H groups in total. The van der Waals surface area contributed by atoms with E-state index in [1.165, 1.54) is 6.33 Å². The maximum absolute atomic E-state index is 8.98. The summed E-state index contributed by atoms with van der Waals surface area (Å²) in [4.78, 5) is 12.7. The van der Waals surface area contributed by atoms with Gasteiger partial charge in [0, 0.05) is 16.0 Å². The standard InChI is InChI=1S/C13H8IN5O/c1-20-13-11-9(14)6-19(12(11)17-7-18-13)10-4-8(5-15)2-3-16-10/h2-4,6-7H,1H3. The lowest BCUT2D eigenvalue weighted by molar-refractivity contribution is 0.402. The van der Waals surface area contributed by atoms with Gasteiger partial charge in [-0.15, -0.1) is 0 Å². The fourth-order valence-electron chi connectivity index (χ4n) is 1.94. The molecule has 20 heavy (non-hydrogen) atoms. The van der Waals surface area contributed by atoms with Crippen LogP contribution in [0, 0.1) is 14.9 Å². The molecule has 98 valence electrons. The van der Waals surface area contributed by atoms with Gasteiger partial charge in [0.2, 0.25) is 5.88 Å². The summed E-state index contributed by atoms with van der Waals surface area (Å²) in [5.41, 5.74) is 1.25. The van der Waals surface area contributed by atoms with Gasteiger partial charge in [-0.05, 0) is 34.7 Å². The van der Waals surface area contributed by atoms with E-state index in [-0.39, 0.29) is 0 Å². The highest BCUT2D eigenvalue weighted by Crippen LogP contribution is 2.29. The molecule has 3 aromatic rings. The molecule has 0 amide bonds. The molecule has 7 heteroatoms. The molecule has 6 nitrogen and oxygen atoms in total. The van der Waals surface area contributed by atoms with Crippen molar-refractivity contribution in [2.45, 2.75) is 0 Å². The summed E-state index contributed by atoms with van der Waals surface area (Å²) in [6.45, 7) is 0. The minimum atomic E-state index is 0.523. The van der Waals surface area contributed by atoms with Crippen molar-refractivity contribution in [3.8, 4) is 17.8 Å². The summed E-state index contributed by atoms with van der Waals surface area (Å²) < 4.78 is 8.04. The average molecular weight is 377 g/mol. The Morgan fingerprint density at radius 3 is 2.95 bits per heavy atom. The van der Waals surface area contributed by atoms with E-state index >= 15 is 0 Å². The van der Waals surface area contributed by atoms with E-state index in [1.54, 1.807) is 25.4 Å². The first-order valence-electron chi connectivity index (χ1n) is 5.66. The number of halogens is 1. The van der Waals surface area contributed by atoms with Gasteiger partial charge in [-0.1, -0.05) is 0 Å². The lowest BCUT2D eigenvalue weighted by Gasteiger charge is -2.04. The van der Waals surface area contributed by atoms with Gasteiger partial charge >= 0.3 is 0 Å². The average Bonchev–Trinajstić information content (AvgIpc) is 2.85. The predicted octanol–water partition coefficient (Wildman–Crippen LogP) is 2.30. The van der Waals surface area contributed by atoms with Crippen molar-refractivity contribution in [2.75, 3.05) is 7.11 Å². The van der Waals surface area contributed by atoms with Gasteiger partial charge in [-0.25, -0.2) is 15.0 Å². The predicted molar refractivity (Wildman–Crippen MR) is 80.6 cm³/mol.